The number of esters is 1. The van der Waals surface area contributed by atoms with Crippen molar-refractivity contribution in [2.24, 2.45) is 0 Å². The molecule has 0 unspecified atom stereocenters. The van der Waals surface area contributed by atoms with Gasteiger partial charge in [0.2, 0.25) is 0 Å². The number of aryl methyl sites for hydroxylation is 1. The molecule has 0 saturated carbocycles. The Morgan fingerprint density at radius 1 is 1.15 bits per heavy atom. The predicted molar refractivity (Wildman–Crippen MR) is 74.7 cm³/mol. The fourth-order valence-corrected chi connectivity index (χ4v) is 1.83. The lowest BCUT2D eigenvalue weighted by Gasteiger charge is -2.11. The fourth-order valence-electron chi connectivity index (χ4n) is 1.83. The van der Waals surface area contributed by atoms with Crippen molar-refractivity contribution in [2.75, 3.05) is 12.4 Å². The summed E-state index contributed by atoms with van der Waals surface area (Å²) in [6.07, 6.45) is 1.53. The van der Waals surface area contributed by atoms with Crippen molar-refractivity contribution in [3.05, 3.63) is 59.4 Å². The van der Waals surface area contributed by atoms with Gasteiger partial charge < -0.3 is 10.1 Å². The predicted octanol–water partition coefficient (Wildman–Crippen LogP) is 2.43. The molecule has 0 saturated heterocycles. The van der Waals surface area contributed by atoms with E-state index in [0.717, 1.165) is 5.56 Å². The molecule has 1 aromatic carbocycles. The van der Waals surface area contributed by atoms with Crippen LogP contribution >= 0.6 is 0 Å². The Labute approximate surface area is 116 Å². The van der Waals surface area contributed by atoms with Crippen LogP contribution in [0.4, 0.5) is 5.69 Å². The van der Waals surface area contributed by atoms with Crippen molar-refractivity contribution < 1.29 is 14.3 Å². The summed E-state index contributed by atoms with van der Waals surface area (Å²) >= 11 is 0. The quantitative estimate of drug-likeness (QED) is 0.870. The first-order valence-electron chi connectivity index (χ1n) is 6.04. The number of ether oxygens (including phenoxy) is 1. The maximum absolute atomic E-state index is 12.1. The molecule has 1 amide bonds. The second-order valence-electron chi connectivity index (χ2n) is 4.16. The van der Waals surface area contributed by atoms with Crippen LogP contribution in [0.3, 0.4) is 0 Å². The van der Waals surface area contributed by atoms with Crippen LogP contribution in [0.15, 0.2) is 42.6 Å². The first-order valence-corrected chi connectivity index (χ1v) is 6.04. The van der Waals surface area contributed by atoms with Crippen LogP contribution in [0.25, 0.3) is 0 Å². The van der Waals surface area contributed by atoms with E-state index in [2.05, 4.69) is 10.3 Å². The molecule has 0 aliphatic carbocycles. The highest BCUT2D eigenvalue weighted by Gasteiger charge is 2.17. The van der Waals surface area contributed by atoms with E-state index < -0.39 is 5.97 Å². The van der Waals surface area contributed by atoms with E-state index in [-0.39, 0.29) is 11.6 Å². The highest BCUT2D eigenvalue weighted by atomic mass is 16.5. The average molecular weight is 270 g/mol. The summed E-state index contributed by atoms with van der Waals surface area (Å²) in [5, 5.41) is 2.68. The number of carbonyl (C=O) groups excluding carboxylic acids is 2. The van der Waals surface area contributed by atoms with Gasteiger partial charge >= 0.3 is 5.97 Å². The molecule has 1 N–H and O–H groups in total. The average Bonchev–Trinajstić information content (AvgIpc) is 2.47. The van der Waals surface area contributed by atoms with Gasteiger partial charge in [-0.2, -0.15) is 0 Å². The smallest absolute Gasteiger partial charge is 0.340 e. The number of rotatable bonds is 3. The molecule has 1 heterocycles. The Bertz CT molecular complexity index is 639. The Morgan fingerprint density at radius 2 is 1.95 bits per heavy atom. The van der Waals surface area contributed by atoms with Crippen LogP contribution in [-0.2, 0) is 4.74 Å². The van der Waals surface area contributed by atoms with Gasteiger partial charge in [0.15, 0.2) is 0 Å². The number of nitrogens with one attached hydrogen (secondary N) is 1. The minimum atomic E-state index is -0.487. The highest BCUT2D eigenvalue weighted by molar-refractivity contribution is 6.07. The van der Waals surface area contributed by atoms with E-state index >= 15 is 0 Å². The zero-order valence-corrected chi connectivity index (χ0v) is 11.2. The lowest BCUT2D eigenvalue weighted by atomic mass is 10.1. The summed E-state index contributed by atoms with van der Waals surface area (Å²) in [5.74, 6) is -0.860. The summed E-state index contributed by atoms with van der Waals surface area (Å²) < 4.78 is 4.74. The van der Waals surface area contributed by atoms with Crippen molar-refractivity contribution in [2.45, 2.75) is 6.92 Å². The van der Waals surface area contributed by atoms with E-state index in [1.54, 1.807) is 43.3 Å². The molecular weight excluding hydrogens is 256 g/mol. The van der Waals surface area contributed by atoms with Crippen LogP contribution in [0.2, 0.25) is 0 Å². The normalized spacial score (nSPS) is 9.90. The molecule has 0 fully saturated rings. The molecule has 0 aliphatic heterocycles. The number of pyridine rings is 1. The largest absolute Gasteiger partial charge is 0.465 e. The summed E-state index contributed by atoms with van der Waals surface area (Å²) in [4.78, 5) is 27.8. The third-order valence-corrected chi connectivity index (χ3v) is 2.81. The summed E-state index contributed by atoms with van der Waals surface area (Å²) in [7, 11) is 1.30. The second-order valence-corrected chi connectivity index (χ2v) is 4.16. The molecule has 20 heavy (non-hydrogen) atoms. The molecule has 5 nitrogen and oxygen atoms in total. The molecule has 0 radical (unpaired) electrons. The van der Waals surface area contributed by atoms with Gasteiger partial charge in [-0.25, -0.2) is 4.79 Å². The van der Waals surface area contributed by atoms with Gasteiger partial charge in [-0.15, -0.1) is 0 Å². The van der Waals surface area contributed by atoms with E-state index in [1.807, 2.05) is 0 Å². The number of methoxy groups -OCH3 is 1. The number of aromatic nitrogens is 1. The first-order chi connectivity index (χ1) is 9.63. The Morgan fingerprint density at radius 3 is 2.60 bits per heavy atom. The van der Waals surface area contributed by atoms with Gasteiger partial charge in [-0.1, -0.05) is 18.2 Å². The molecule has 2 aromatic rings. The standard InChI is InChI=1S/C15H14N2O3/c1-10-6-5-8-11(13(10)15(19)20-2)17-14(18)12-7-3-4-9-16-12/h3-9H,1-2H3,(H,17,18). The van der Waals surface area contributed by atoms with E-state index in [9.17, 15) is 9.59 Å². The molecule has 1 aromatic heterocycles. The van der Waals surface area contributed by atoms with Crippen molar-refractivity contribution in [3.8, 4) is 0 Å². The van der Waals surface area contributed by atoms with Crippen LogP contribution in [-0.4, -0.2) is 24.0 Å². The SMILES string of the molecule is COC(=O)c1c(C)cccc1NC(=O)c1ccccn1. The molecule has 5 heteroatoms. The Balaban J connectivity index is 2.32. The number of benzene rings is 1. The first kappa shape index (κ1) is 13.7. The minimum absolute atomic E-state index is 0.282. The molecule has 0 aliphatic rings. The third-order valence-electron chi connectivity index (χ3n) is 2.81. The zero-order valence-electron chi connectivity index (χ0n) is 11.2. The Hall–Kier alpha value is -2.69. The lowest BCUT2D eigenvalue weighted by Crippen LogP contribution is -2.17. The Kier molecular flexibility index (Phi) is 4.10. The molecule has 0 bridgehead atoms. The van der Waals surface area contributed by atoms with Crippen LogP contribution in [0, 0.1) is 6.92 Å². The number of hydrogen-bond acceptors (Lipinski definition) is 4. The van der Waals surface area contributed by atoms with Crippen molar-refractivity contribution >= 4 is 17.6 Å². The summed E-state index contributed by atoms with van der Waals surface area (Å²) in [6, 6.07) is 10.2. The fraction of sp³-hybridized carbons (Fsp3) is 0.133. The maximum Gasteiger partial charge on any atom is 0.340 e. The van der Waals surface area contributed by atoms with E-state index in [4.69, 9.17) is 4.74 Å². The number of amides is 1. The highest BCUT2D eigenvalue weighted by Crippen LogP contribution is 2.21. The van der Waals surface area contributed by atoms with Gasteiger partial charge in [-0.05, 0) is 30.7 Å². The third kappa shape index (κ3) is 2.83. The monoisotopic (exact) mass is 270 g/mol. The van der Waals surface area contributed by atoms with Crippen molar-refractivity contribution in [1.82, 2.24) is 4.98 Å². The van der Waals surface area contributed by atoms with Crippen molar-refractivity contribution in [3.63, 3.8) is 0 Å². The van der Waals surface area contributed by atoms with Gasteiger partial charge in [0.25, 0.3) is 5.91 Å². The minimum Gasteiger partial charge on any atom is -0.465 e. The topological polar surface area (TPSA) is 68.3 Å². The number of anilines is 1. The van der Waals surface area contributed by atoms with Crippen LogP contribution in [0.1, 0.15) is 26.4 Å². The molecule has 2 rings (SSSR count). The maximum atomic E-state index is 12.1. The molecule has 0 atom stereocenters. The zero-order chi connectivity index (χ0) is 14.5. The molecule has 102 valence electrons. The van der Waals surface area contributed by atoms with Gasteiger partial charge in [-0.3, -0.25) is 9.78 Å². The molecule has 0 spiro atoms. The summed E-state index contributed by atoms with van der Waals surface area (Å²) in [5.41, 5.74) is 1.77. The van der Waals surface area contributed by atoms with E-state index in [0.29, 0.717) is 11.3 Å². The number of carbonyl (C=O) groups is 2. The molecular formula is C15H14N2O3. The van der Waals surface area contributed by atoms with Crippen LogP contribution in [0.5, 0.6) is 0 Å². The lowest BCUT2D eigenvalue weighted by molar-refractivity contribution is 0.0601. The number of hydrogen-bond donors (Lipinski definition) is 1. The second kappa shape index (κ2) is 5.97. The number of nitrogens with zero attached hydrogens (tertiary/aromatic N) is 1. The van der Waals surface area contributed by atoms with Gasteiger partial charge in [0.05, 0.1) is 18.4 Å². The van der Waals surface area contributed by atoms with E-state index in [1.165, 1.54) is 13.3 Å². The van der Waals surface area contributed by atoms with Gasteiger partial charge in [0, 0.05) is 6.20 Å². The summed E-state index contributed by atoms with van der Waals surface area (Å²) in [6.45, 7) is 1.78. The van der Waals surface area contributed by atoms with Gasteiger partial charge in [0.1, 0.15) is 5.69 Å². The van der Waals surface area contributed by atoms with Crippen LogP contribution < -0.4 is 5.32 Å². The van der Waals surface area contributed by atoms with Crippen molar-refractivity contribution in [1.29, 1.82) is 0 Å².